The zero-order chi connectivity index (χ0) is 22.7. The van der Waals surface area contributed by atoms with Crippen molar-refractivity contribution in [1.29, 1.82) is 0 Å². The first-order chi connectivity index (χ1) is 15.4. The second-order valence-electron chi connectivity index (χ2n) is 7.63. The van der Waals surface area contributed by atoms with Crippen LogP contribution in [0.2, 0.25) is 0 Å². The zero-order valence-corrected chi connectivity index (χ0v) is 19.3. The summed E-state index contributed by atoms with van der Waals surface area (Å²) < 4.78 is 16.2. The highest BCUT2D eigenvalue weighted by molar-refractivity contribution is 7.99. The van der Waals surface area contributed by atoms with Gasteiger partial charge in [0.2, 0.25) is 5.91 Å². The molecule has 0 saturated heterocycles. The number of nitrogens with zero attached hydrogens (tertiary/aromatic N) is 2. The highest BCUT2D eigenvalue weighted by atomic mass is 32.2. The predicted octanol–water partition coefficient (Wildman–Crippen LogP) is 5.50. The van der Waals surface area contributed by atoms with Gasteiger partial charge >= 0.3 is 0 Å². The molecular weight excluding hydrogens is 445 g/mol. The summed E-state index contributed by atoms with van der Waals surface area (Å²) >= 11 is 2.46. The largest absolute Gasteiger partial charge is 0.325 e. The van der Waals surface area contributed by atoms with E-state index in [-0.39, 0.29) is 29.6 Å². The zero-order valence-electron chi connectivity index (χ0n) is 17.7. The number of aromatic nitrogens is 2. The van der Waals surface area contributed by atoms with Gasteiger partial charge in [0.05, 0.1) is 17.8 Å². The van der Waals surface area contributed by atoms with Gasteiger partial charge in [0.15, 0.2) is 5.16 Å². The molecule has 0 saturated carbocycles. The molecule has 0 spiro atoms. The first-order valence-electron chi connectivity index (χ1n) is 10.2. The summed E-state index contributed by atoms with van der Waals surface area (Å²) in [5.41, 5.74) is 2.65. The molecular formula is C24H22FN3O2S2. The fraction of sp³-hybridized carbons (Fsp3) is 0.208. The Morgan fingerprint density at radius 3 is 2.62 bits per heavy atom. The van der Waals surface area contributed by atoms with Crippen molar-refractivity contribution >= 4 is 44.9 Å². The number of fused-ring (bicyclic) bond motifs is 1. The minimum absolute atomic E-state index is 0.0486. The Bertz CT molecular complexity index is 1310. The average Bonchev–Trinajstić information content (AvgIpc) is 3.25. The molecule has 4 rings (SSSR count). The van der Waals surface area contributed by atoms with Crippen molar-refractivity contribution in [2.75, 3.05) is 11.1 Å². The van der Waals surface area contributed by atoms with Crippen LogP contribution in [-0.2, 0) is 11.3 Å². The third kappa shape index (κ3) is 4.92. The average molecular weight is 468 g/mol. The Hall–Kier alpha value is -2.97. The lowest BCUT2D eigenvalue weighted by Crippen LogP contribution is -2.24. The van der Waals surface area contributed by atoms with E-state index in [2.05, 4.69) is 24.1 Å². The molecule has 2 aromatic heterocycles. The number of rotatable bonds is 7. The molecule has 0 atom stereocenters. The maximum Gasteiger partial charge on any atom is 0.272 e. The molecule has 0 fully saturated rings. The lowest BCUT2D eigenvalue weighted by molar-refractivity contribution is -0.113. The SMILES string of the molecule is CC(C)c1ccc(NC(=O)CSc2nc3ccsc3c(=O)n2Cc2ccccc2F)cc1. The number of amides is 1. The van der Waals surface area contributed by atoms with Gasteiger partial charge in [-0.05, 0) is 41.1 Å². The summed E-state index contributed by atoms with van der Waals surface area (Å²) in [4.78, 5) is 30.1. The van der Waals surface area contributed by atoms with Crippen LogP contribution in [0.25, 0.3) is 10.2 Å². The highest BCUT2D eigenvalue weighted by Crippen LogP contribution is 2.23. The van der Waals surface area contributed by atoms with E-state index in [1.165, 1.54) is 27.5 Å². The number of benzene rings is 2. The molecule has 1 N–H and O–H groups in total. The normalized spacial score (nSPS) is 11.2. The Balaban J connectivity index is 1.54. The van der Waals surface area contributed by atoms with E-state index in [1.807, 2.05) is 24.3 Å². The smallest absolute Gasteiger partial charge is 0.272 e. The van der Waals surface area contributed by atoms with Gasteiger partial charge in [0, 0.05) is 11.3 Å². The van der Waals surface area contributed by atoms with E-state index >= 15 is 0 Å². The predicted molar refractivity (Wildman–Crippen MR) is 129 cm³/mol. The Morgan fingerprint density at radius 1 is 1.16 bits per heavy atom. The summed E-state index contributed by atoms with van der Waals surface area (Å²) in [5, 5.41) is 5.05. The Morgan fingerprint density at radius 2 is 1.91 bits per heavy atom. The van der Waals surface area contributed by atoms with E-state index in [0.717, 1.165) is 11.8 Å². The van der Waals surface area contributed by atoms with Crippen LogP contribution < -0.4 is 10.9 Å². The molecule has 2 aromatic carbocycles. The molecule has 0 aliphatic rings. The van der Waals surface area contributed by atoms with Gasteiger partial charge in [-0.15, -0.1) is 11.3 Å². The molecule has 1 amide bonds. The van der Waals surface area contributed by atoms with Crippen LogP contribution >= 0.6 is 23.1 Å². The van der Waals surface area contributed by atoms with Crippen molar-refractivity contribution in [2.24, 2.45) is 0 Å². The van der Waals surface area contributed by atoms with Gasteiger partial charge in [-0.2, -0.15) is 0 Å². The first-order valence-corrected chi connectivity index (χ1v) is 12.0. The molecule has 0 aliphatic heterocycles. The summed E-state index contributed by atoms with van der Waals surface area (Å²) in [6, 6.07) is 15.8. The van der Waals surface area contributed by atoms with E-state index in [0.29, 0.717) is 32.5 Å². The van der Waals surface area contributed by atoms with Crippen molar-refractivity contribution in [1.82, 2.24) is 9.55 Å². The number of anilines is 1. The van der Waals surface area contributed by atoms with E-state index in [4.69, 9.17) is 0 Å². The lowest BCUT2D eigenvalue weighted by Gasteiger charge is -2.13. The summed E-state index contributed by atoms with van der Waals surface area (Å²) in [6.45, 7) is 4.28. The standard InChI is InChI=1S/C24H22FN3O2S2/c1-15(2)16-7-9-18(10-8-16)26-21(29)14-32-24-27-20-11-12-31-22(20)23(30)28(24)13-17-5-3-4-6-19(17)25/h3-12,15H,13-14H2,1-2H3,(H,26,29). The maximum absolute atomic E-state index is 14.2. The topological polar surface area (TPSA) is 64.0 Å². The summed E-state index contributed by atoms with van der Waals surface area (Å²) in [7, 11) is 0. The van der Waals surface area contributed by atoms with Crippen molar-refractivity contribution in [2.45, 2.75) is 31.5 Å². The summed E-state index contributed by atoms with van der Waals surface area (Å²) in [5.74, 6) is -0.0983. The fourth-order valence-electron chi connectivity index (χ4n) is 3.25. The van der Waals surface area contributed by atoms with Gasteiger partial charge in [0.25, 0.3) is 5.56 Å². The van der Waals surface area contributed by atoms with E-state index < -0.39 is 0 Å². The van der Waals surface area contributed by atoms with Crippen LogP contribution in [0.15, 0.2) is 69.9 Å². The molecule has 8 heteroatoms. The molecule has 5 nitrogen and oxygen atoms in total. The third-order valence-electron chi connectivity index (χ3n) is 5.01. The maximum atomic E-state index is 14.2. The minimum Gasteiger partial charge on any atom is -0.325 e. The van der Waals surface area contributed by atoms with Gasteiger partial charge in [-0.3, -0.25) is 14.2 Å². The molecule has 0 radical (unpaired) electrons. The van der Waals surface area contributed by atoms with Crippen LogP contribution in [0, 0.1) is 5.82 Å². The van der Waals surface area contributed by atoms with Gasteiger partial charge < -0.3 is 5.32 Å². The summed E-state index contributed by atoms with van der Waals surface area (Å²) in [6.07, 6.45) is 0. The third-order valence-corrected chi connectivity index (χ3v) is 6.88. The number of nitrogens with one attached hydrogen (secondary N) is 1. The van der Waals surface area contributed by atoms with E-state index in [9.17, 15) is 14.0 Å². The van der Waals surface area contributed by atoms with Gasteiger partial charge in [0.1, 0.15) is 10.5 Å². The van der Waals surface area contributed by atoms with Crippen molar-refractivity contribution in [3.8, 4) is 0 Å². The molecule has 0 aliphatic carbocycles. The molecule has 0 unspecified atom stereocenters. The van der Waals surface area contributed by atoms with Crippen molar-refractivity contribution in [3.63, 3.8) is 0 Å². The molecule has 0 bridgehead atoms. The van der Waals surface area contributed by atoms with Crippen molar-refractivity contribution in [3.05, 3.63) is 87.3 Å². The van der Waals surface area contributed by atoms with Crippen molar-refractivity contribution < 1.29 is 9.18 Å². The molecule has 2 heterocycles. The van der Waals surface area contributed by atoms with Crippen LogP contribution in [0.1, 0.15) is 30.9 Å². The quantitative estimate of drug-likeness (QED) is 0.288. The number of carbonyl (C=O) groups is 1. The van der Waals surface area contributed by atoms with Gasteiger partial charge in [-0.1, -0.05) is 55.9 Å². The van der Waals surface area contributed by atoms with Crippen LogP contribution in [0.4, 0.5) is 10.1 Å². The van der Waals surface area contributed by atoms with E-state index in [1.54, 1.807) is 29.6 Å². The van der Waals surface area contributed by atoms with Crippen LogP contribution in [0.5, 0.6) is 0 Å². The number of halogens is 1. The lowest BCUT2D eigenvalue weighted by atomic mass is 10.0. The number of thiophene rings is 1. The Labute approximate surface area is 193 Å². The highest BCUT2D eigenvalue weighted by Gasteiger charge is 2.16. The minimum atomic E-state index is -0.385. The first kappa shape index (κ1) is 22.2. The van der Waals surface area contributed by atoms with Crippen LogP contribution in [-0.4, -0.2) is 21.2 Å². The van der Waals surface area contributed by atoms with Gasteiger partial charge in [-0.25, -0.2) is 9.37 Å². The molecule has 32 heavy (non-hydrogen) atoms. The molecule has 164 valence electrons. The van der Waals surface area contributed by atoms with Crippen LogP contribution in [0.3, 0.4) is 0 Å². The fourth-order valence-corrected chi connectivity index (χ4v) is 4.83. The Kier molecular flexibility index (Phi) is 6.72. The number of thioether (sulfide) groups is 1. The molecule has 4 aromatic rings. The number of carbonyl (C=O) groups excluding carboxylic acids is 1. The number of hydrogen-bond donors (Lipinski definition) is 1. The second kappa shape index (κ2) is 9.67. The monoisotopic (exact) mass is 467 g/mol. The number of hydrogen-bond acceptors (Lipinski definition) is 5. The second-order valence-corrected chi connectivity index (χ2v) is 9.48.